The van der Waals surface area contributed by atoms with E-state index in [1.54, 1.807) is 24.3 Å². The van der Waals surface area contributed by atoms with Crippen LogP contribution >= 0.6 is 34.8 Å². The molecule has 0 bridgehead atoms. The van der Waals surface area contributed by atoms with Gasteiger partial charge in [0.2, 0.25) is 0 Å². The lowest BCUT2D eigenvalue weighted by Gasteiger charge is -2.11. The summed E-state index contributed by atoms with van der Waals surface area (Å²) in [6.45, 7) is 2.68. The second kappa shape index (κ2) is 6.34. The van der Waals surface area contributed by atoms with Gasteiger partial charge in [-0.2, -0.15) is 0 Å². The molecule has 1 aromatic rings. The monoisotopic (exact) mass is 295 g/mol. The Morgan fingerprint density at radius 2 is 1.88 bits per heavy atom. The zero-order chi connectivity index (χ0) is 12.9. The minimum atomic E-state index is -1.96. The summed E-state index contributed by atoms with van der Waals surface area (Å²) < 4.78 is 3.43. The fourth-order valence-corrected chi connectivity index (χ4v) is 1.20. The summed E-state index contributed by atoms with van der Waals surface area (Å²) in [6, 6.07) is 6.84. The zero-order valence-corrected chi connectivity index (χ0v) is 11.4. The number of benzene rings is 1. The summed E-state index contributed by atoms with van der Waals surface area (Å²) in [5, 5.41) is 2.47. The Hall–Kier alpha value is -0.640. The number of halogens is 3. The van der Waals surface area contributed by atoms with Crippen molar-refractivity contribution in [3.05, 3.63) is 24.3 Å². The molecule has 0 radical (unpaired) electrons. The molecule has 0 aliphatic heterocycles. The van der Waals surface area contributed by atoms with Gasteiger partial charge in [-0.3, -0.25) is 4.79 Å². The third kappa shape index (κ3) is 5.02. The maximum atomic E-state index is 11.4. The lowest BCUT2D eigenvalue weighted by Crippen LogP contribution is -2.26. The Morgan fingerprint density at radius 1 is 1.29 bits per heavy atom. The molecule has 0 aromatic heterocycles. The number of carbonyl (C=O) groups is 1. The summed E-state index contributed by atoms with van der Waals surface area (Å²) in [5.74, 6) is 0.0449. The van der Waals surface area contributed by atoms with E-state index in [1.807, 2.05) is 6.92 Å². The average molecular weight is 297 g/mol. The molecule has 1 amide bonds. The van der Waals surface area contributed by atoms with Gasteiger partial charge in [0.1, 0.15) is 5.75 Å². The number of nitrogens with one attached hydrogen (secondary N) is 1. The highest BCUT2D eigenvalue weighted by Crippen LogP contribution is 2.28. The predicted molar refractivity (Wildman–Crippen MR) is 71.1 cm³/mol. The molecule has 0 aliphatic rings. The summed E-state index contributed by atoms with van der Waals surface area (Å²) in [7, 11) is 0. The predicted octanol–water partition coefficient (Wildman–Crippen LogP) is 3.78. The van der Waals surface area contributed by atoms with Crippen LogP contribution in [0.5, 0.6) is 5.75 Å². The van der Waals surface area contributed by atoms with E-state index in [-0.39, 0.29) is 0 Å². The maximum Gasteiger partial charge on any atom is 0.276 e. The lowest BCUT2D eigenvalue weighted by molar-refractivity contribution is -0.115. The van der Waals surface area contributed by atoms with Gasteiger partial charge >= 0.3 is 0 Å². The highest BCUT2D eigenvalue weighted by atomic mass is 35.6. The molecular weight excluding hydrogens is 284 g/mol. The van der Waals surface area contributed by atoms with Crippen LogP contribution in [0.1, 0.15) is 13.3 Å². The summed E-state index contributed by atoms with van der Waals surface area (Å²) in [4.78, 5) is 11.4. The van der Waals surface area contributed by atoms with Crippen LogP contribution in [0.25, 0.3) is 0 Å². The SMILES string of the molecule is CCCOc1ccc(NC(=O)C(Cl)(Cl)Cl)cc1. The summed E-state index contributed by atoms with van der Waals surface area (Å²) >= 11 is 16.3. The topological polar surface area (TPSA) is 38.3 Å². The van der Waals surface area contributed by atoms with Crippen LogP contribution in [0.4, 0.5) is 5.69 Å². The summed E-state index contributed by atoms with van der Waals surface area (Å²) in [6.07, 6.45) is 0.936. The van der Waals surface area contributed by atoms with Gasteiger partial charge in [-0.1, -0.05) is 41.7 Å². The number of hydrogen-bond donors (Lipinski definition) is 1. The van der Waals surface area contributed by atoms with Crippen LogP contribution in [0.2, 0.25) is 0 Å². The van der Waals surface area contributed by atoms with Crippen molar-refractivity contribution in [3.8, 4) is 5.75 Å². The average Bonchev–Trinajstić information content (AvgIpc) is 2.27. The van der Waals surface area contributed by atoms with Crippen molar-refractivity contribution in [1.82, 2.24) is 0 Å². The van der Waals surface area contributed by atoms with Crippen molar-refractivity contribution >= 4 is 46.4 Å². The molecule has 0 atom stereocenters. The fraction of sp³-hybridized carbons (Fsp3) is 0.364. The molecule has 0 saturated heterocycles. The standard InChI is InChI=1S/C11H12Cl3NO2/c1-2-7-17-9-5-3-8(4-6-9)15-10(16)11(12,13)14/h3-6H,2,7H2,1H3,(H,15,16). The van der Waals surface area contributed by atoms with Crippen LogP contribution < -0.4 is 10.1 Å². The third-order valence-corrected chi connectivity index (χ3v) is 2.36. The molecule has 94 valence electrons. The van der Waals surface area contributed by atoms with Gasteiger partial charge in [-0.05, 0) is 30.7 Å². The van der Waals surface area contributed by atoms with Crippen molar-refractivity contribution in [2.45, 2.75) is 17.1 Å². The summed E-state index contributed by atoms with van der Waals surface area (Å²) in [5.41, 5.74) is 0.546. The molecular formula is C11H12Cl3NO2. The van der Waals surface area contributed by atoms with E-state index in [4.69, 9.17) is 39.5 Å². The maximum absolute atomic E-state index is 11.4. The first-order valence-corrected chi connectivity index (χ1v) is 6.18. The Balaban J connectivity index is 2.59. The first kappa shape index (κ1) is 14.4. The van der Waals surface area contributed by atoms with Crippen LogP contribution in [-0.4, -0.2) is 16.3 Å². The Labute approximate surface area is 115 Å². The number of ether oxygens (including phenoxy) is 1. The van der Waals surface area contributed by atoms with Gasteiger partial charge in [0.15, 0.2) is 0 Å². The Kier molecular flexibility index (Phi) is 5.37. The van der Waals surface area contributed by atoms with Crippen LogP contribution in [0.15, 0.2) is 24.3 Å². The van der Waals surface area contributed by atoms with Gasteiger partial charge < -0.3 is 10.1 Å². The molecule has 1 aromatic carbocycles. The molecule has 0 saturated carbocycles. The van der Waals surface area contributed by atoms with Crippen molar-refractivity contribution < 1.29 is 9.53 Å². The van der Waals surface area contributed by atoms with Crippen molar-refractivity contribution in [1.29, 1.82) is 0 Å². The second-order valence-corrected chi connectivity index (χ2v) is 5.61. The van der Waals surface area contributed by atoms with Gasteiger partial charge in [0.25, 0.3) is 9.70 Å². The number of hydrogen-bond acceptors (Lipinski definition) is 2. The zero-order valence-electron chi connectivity index (χ0n) is 9.17. The normalized spacial score (nSPS) is 11.1. The molecule has 0 spiro atoms. The number of rotatable bonds is 4. The van der Waals surface area contributed by atoms with Crippen LogP contribution in [0, 0.1) is 0 Å². The first-order chi connectivity index (χ1) is 7.93. The van der Waals surface area contributed by atoms with Gasteiger partial charge in [0.05, 0.1) is 6.61 Å². The second-order valence-electron chi connectivity index (χ2n) is 3.32. The van der Waals surface area contributed by atoms with Crippen molar-refractivity contribution in [3.63, 3.8) is 0 Å². The molecule has 17 heavy (non-hydrogen) atoms. The number of amides is 1. The quantitative estimate of drug-likeness (QED) is 0.859. The van der Waals surface area contributed by atoms with Crippen LogP contribution in [-0.2, 0) is 4.79 Å². The molecule has 0 unspecified atom stereocenters. The first-order valence-electron chi connectivity index (χ1n) is 5.04. The Morgan fingerprint density at radius 3 is 2.35 bits per heavy atom. The highest BCUT2D eigenvalue weighted by molar-refractivity contribution is 6.76. The molecule has 3 nitrogen and oxygen atoms in total. The lowest BCUT2D eigenvalue weighted by atomic mass is 10.3. The van der Waals surface area contributed by atoms with E-state index in [0.717, 1.165) is 12.2 Å². The minimum Gasteiger partial charge on any atom is -0.494 e. The number of alkyl halides is 3. The van der Waals surface area contributed by atoms with E-state index in [0.29, 0.717) is 12.3 Å². The molecule has 0 heterocycles. The molecule has 0 aliphatic carbocycles. The molecule has 1 rings (SSSR count). The van der Waals surface area contributed by atoms with Crippen molar-refractivity contribution in [2.24, 2.45) is 0 Å². The van der Waals surface area contributed by atoms with Crippen LogP contribution in [0.3, 0.4) is 0 Å². The van der Waals surface area contributed by atoms with E-state index >= 15 is 0 Å². The van der Waals surface area contributed by atoms with Gasteiger partial charge in [-0.15, -0.1) is 0 Å². The van der Waals surface area contributed by atoms with E-state index in [2.05, 4.69) is 5.32 Å². The molecule has 1 N–H and O–H groups in total. The largest absolute Gasteiger partial charge is 0.494 e. The van der Waals surface area contributed by atoms with E-state index in [9.17, 15) is 4.79 Å². The smallest absolute Gasteiger partial charge is 0.276 e. The molecule has 6 heteroatoms. The Bertz CT molecular complexity index is 373. The minimum absolute atomic E-state index is 0.546. The van der Waals surface area contributed by atoms with Gasteiger partial charge in [-0.25, -0.2) is 0 Å². The number of carbonyl (C=O) groups excluding carboxylic acids is 1. The highest BCUT2D eigenvalue weighted by Gasteiger charge is 2.30. The van der Waals surface area contributed by atoms with E-state index in [1.165, 1.54) is 0 Å². The van der Waals surface area contributed by atoms with Crippen molar-refractivity contribution in [2.75, 3.05) is 11.9 Å². The fourth-order valence-electron chi connectivity index (χ4n) is 1.06. The third-order valence-electron chi connectivity index (χ3n) is 1.84. The van der Waals surface area contributed by atoms with E-state index < -0.39 is 9.70 Å². The van der Waals surface area contributed by atoms with Gasteiger partial charge in [0, 0.05) is 5.69 Å². The number of anilines is 1. The molecule has 0 fully saturated rings.